The van der Waals surface area contributed by atoms with E-state index in [1.165, 1.54) is 25.7 Å². The minimum Gasteiger partial charge on any atom is -0.316 e. The van der Waals surface area contributed by atoms with Gasteiger partial charge in [0.25, 0.3) is 0 Å². The van der Waals surface area contributed by atoms with E-state index in [4.69, 9.17) is 0 Å². The molecule has 13 heavy (non-hydrogen) atoms. The summed E-state index contributed by atoms with van der Waals surface area (Å²) in [4.78, 5) is 0. The van der Waals surface area contributed by atoms with E-state index in [2.05, 4.69) is 33.1 Å². The van der Waals surface area contributed by atoms with Crippen LogP contribution in [0.2, 0.25) is 0 Å². The van der Waals surface area contributed by atoms with Gasteiger partial charge in [-0.15, -0.1) is 0 Å². The minimum absolute atomic E-state index is 0.766. The van der Waals surface area contributed by atoms with Gasteiger partial charge in [0.05, 0.1) is 0 Å². The molecule has 1 rings (SSSR count). The molecule has 0 aromatic heterocycles. The van der Waals surface area contributed by atoms with Gasteiger partial charge >= 0.3 is 0 Å². The molecular formula is C12H25N. The van der Waals surface area contributed by atoms with Crippen molar-refractivity contribution in [2.24, 2.45) is 17.8 Å². The lowest BCUT2D eigenvalue weighted by Gasteiger charge is -2.20. The van der Waals surface area contributed by atoms with Gasteiger partial charge in [-0.3, -0.25) is 0 Å². The fourth-order valence-electron chi connectivity index (χ4n) is 2.55. The Labute approximate surface area is 83.3 Å². The van der Waals surface area contributed by atoms with Crippen LogP contribution in [0.4, 0.5) is 0 Å². The van der Waals surface area contributed by atoms with Gasteiger partial charge in [0, 0.05) is 6.04 Å². The molecule has 0 radical (unpaired) electrons. The summed E-state index contributed by atoms with van der Waals surface area (Å²) in [7, 11) is 2.11. The maximum atomic E-state index is 3.47. The highest BCUT2D eigenvalue weighted by atomic mass is 14.9. The lowest BCUT2D eigenvalue weighted by molar-refractivity contribution is 0.364. The van der Waals surface area contributed by atoms with E-state index in [0.29, 0.717) is 0 Å². The highest BCUT2D eigenvalue weighted by Gasteiger charge is 2.42. The maximum absolute atomic E-state index is 3.47. The second kappa shape index (κ2) is 4.99. The summed E-state index contributed by atoms with van der Waals surface area (Å²) in [6.45, 7) is 6.95. The Morgan fingerprint density at radius 1 is 1.38 bits per heavy atom. The number of unbranched alkanes of at least 4 members (excludes halogenated alkanes) is 1. The van der Waals surface area contributed by atoms with Crippen molar-refractivity contribution in [1.29, 1.82) is 0 Å². The van der Waals surface area contributed by atoms with Crippen LogP contribution in [0.5, 0.6) is 0 Å². The molecule has 1 fully saturated rings. The predicted octanol–water partition coefficient (Wildman–Crippen LogP) is 3.06. The van der Waals surface area contributed by atoms with Gasteiger partial charge in [-0.05, 0) is 31.2 Å². The van der Waals surface area contributed by atoms with Crippen molar-refractivity contribution in [2.75, 3.05) is 7.05 Å². The largest absolute Gasteiger partial charge is 0.316 e. The fraction of sp³-hybridized carbons (Fsp3) is 1.00. The van der Waals surface area contributed by atoms with Crippen LogP contribution in [0.3, 0.4) is 0 Å². The van der Waals surface area contributed by atoms with Gasteiger partial charge in [-0.2, -0.15) is 0 Å². The molecule has 1 nitrogen and oxygen atoms in total. The van der Waals surface area contributed by atoms with E-state index in [1.54, 1.807) is 0 Å². The van der Waals surface area contributed by atoms with E-state index in [1.807, 2.05) is 0 Å². The normalized spacial score (nSPS) is 29.3. The zero-order chi connectivity index (χ0) is 9.84. The quantitative estimate of drug-likeness (QED) is 0.667. The zero-order valence-electron chi connectivity index (χ0n) is 9.64. The predicted molar refractivity (Wildman–Crippen MR) is 58.8 cm³/mol. The standard InChI is InChI=1S/C12H25N/c1-5-6-7-10-8-11(10)12(13-4)9(2)3/h9-13H,5-8H2,1-4H3. The van der Waals surface area contributed by atoms with Crippen LogP contribution in [0, 0.1) is 17.8 Å². The molecule has 0 bridgehead atoms. The highest BCUT2D eigenvalue weighted by Crippen LogP contribution is 2.46. The molecule has 0 spiro atoms. The van der Waals surface area contributed by atoms with Gasteiger partial charge in [0.1, 0.15) is 0 Å². The number of hydrogen-bond acceptors (Lipinski definition) is 1. The van der Waals surface area contributed by atoms with E-state index in [0.717, 1.165) is 23.8 Å². The van der Waals surface area contributed by atoms with Gasteiger partial charge in [-0.1, -0.05) is 40.0 Å². The molecule has 3 unspecified atom stereocenters. The van der Waals surface area contributed by atoms with Crippen molar-refractivity contribution in [3.05, 3.63) is 0 Å². The first kappa shape index (κ1) is 11.0. The molecule has 0 aromatic rings. The van der Waals surface area contributed by atoms with Crippen molar-refractivity contribution in [2.45, 2.75) is 52.5 Å². The van der Waals surface area contributed by atoms with Crippen LogP contribution in [0.1, 0.15) is 46.5 Å². The molecule has 0 amide bonds. The average molecular weight is 183 g/mol. The molecule has 0 aliphatic heterocycles. The molecule has 0 saturated heterocycles. The Bertz CT molecular complexity index is 142. The third-order valence-electron chi connectivity index (χ3n) is 3.42. The van der Waals surface area contributed by atoms with Crippen LogP contribution in [0.25, 0.3) is 0 Å². The fourth-order valence-corrected chi connectivity index (χ4v) is 2.55. The summed E-state index contributed by atoms with van der Waals surface area (Å²) >= 11 is 0. The molecule has 3 atom stereocenters. The third kappa shape index (κ3) is 2.98. The first-order chi connectivity index (χ1) is 6.20. The summed E-state index contributed by atoms with van der Waals surface area (Å²) in [5, 5.41) is 3.47. The lowest BCUT2D eigenvalue weighted by Crippen LogP contribution is -2.33. The van der Waals surface area contributed by atoms with Gasteiger partial charge < -0.3 is 5.32 Å². The van der Waals surface area contributed by atoms with Crippen molar-refractivity contribution in [3.8, 4) is 0 Å². The van der Waals surface area contributed by atoms with E-state index >= 15 is 0 Å². The Morgan fingerprint density at radius 3 is 2.54 bits per heavy atom. The Morgan fingerprint density at radius 2 is 2.08 bits per heavy atom. The topological polar surface area (TPSA) is 12.0 Å². The lowest BCUT2D eigenvalue weighted by atomic mass is 9.97. The molecule has 1 saturated carbocycles. The maximum Gasteiger partial charge on any atom is 0.0118 e. The smallest absolute Gasteiger partial charge is 0.0118 e. The SMILES string of the molecule is CCCCC1CC1C(NC)C(C)C. The zero-order valence-corrected chi connectivity index (χ0v) is 9.64. The number of rotatable bonds is 6. The van der Waals surface area contributed by atoms with Crippen molar-refractivity contribution >= 4 is 0 Å². The molecule has 1 aliphatic carbocycles. The van der Waals surface area contributed by atoms with E-state index in [-0.39, 0.29) is 0 Å². The van der Waals surface area contributed by atoms with E-state index < -0.39 is 0 Å². The van der Waals surface area contributed by atoms with Crippen LogP contribution in [0.15, 0.2) is 0 Å². The average Bonchev–Trinajstić information content (AvgIpc) is 2.81. The van der Waals surface area contributed by atoms with E-state index in [9.17, 15) is 0 Å². The van der Waals surface area contributed by atoms with Crippen molar-refractivity contribution in [3.63, 3.8) is 0 Å². The van der Waals surface area contributed by atoms with Crippen molar-refractivity contribution < 1.29 is 0 Å². The molecule has 0 aromatic carbocycles. The monoisotopic (exact) mass is 183 g/mol. The molecule has 1 heteroatoms. The summed E-state index contributed by atoms with van der Waals surface area (Å²) in [6.07, 6.45) is 5.72. The van der Waals surface area contributed by atoms with Crippen LogP contribution < -0.4 is 5.32 Å². The van der Waals surface area contributed by atoms with Crippen LogP contribution in [-0.4, -0.2) is 13.1 Å². The summed E-state index contributed by atoms with van der Waals surface area (Å²) in [6, 6.07) is 0.766. The molecule has 78 valence electrons. The van der Waals surface area contributed by atoms with Gasteiger partial charge in [0.15, 0.2) is 0 Å². The Hall–Kier alpha value is -0.0400. The first-order valence-electron chi connectivity index (χ1n) is 5.88. The van der Waals surface area contributed by atoms with Crippen molar-refractivity contribution in [1.82, 2.24) is 5.32 Å². The second-order valence-corrected chi connectivity index (χ2v) is 4.86. The van der Waals surface area contributed by atoms with Crippen LogP contribution in [-0.2, 0) is 0 Å². The molecular weight excluding hydrogens is 158 g/mol. The number of nitrogens with one attached hydrogen (secondary N) is 1. The van der Waals surface area contributed by atoms with Crippen LogP contribution >= 0.6 is 0 Å². The summed E-state index contributed by atoms with van der Waals surface area (Å²) < 4.78 is 0. The minimum atomic E-state index is 0.766. The summed E-state index contributed by atoms with van der Waals surface area (Å²) in [5.41, 5.74) is 0. The molecule has 0 heterocycles. The van der Waals surface area contributed by atoms with Gasteiger partial charge in [-0.25, -0.2) is 0 Å². The number of hydrogen-bond donors (Lipinski definition) is 1. The Balaban J connectivity index is 2.23. The second-order valence-electron chi connectivity index (χ2n) is 4.86. The summed E-state index contributed by atoms with van der Waals surface area (Å²) in [5.74, 6) is 2.82. The third-order valence-corrected chi connectivity index (χ3v) is 3.42. The molecule has 1 N–H and O–H groups in total. The van der Waals surface area contributed by atoms with Gasteiger partial charge in [0.2, 0.25) is 0 Å². The molecule has 1 aliphatic rings. The highest BCUT2D eigenvalue weighted by molar-refractivity contribution is 4.95. The Kier molecular flexibility index (Phi) is 4.24. The first-order valence-corrected chi connectivity index (χ1v) is 5.88.